The number of sulfonamides is 1. The highest BCUT2D eigenvalue weighted by Gasteiger charge is 2.36. The van der Waals surface area contributed by atoms with Crippen LogP contribution in [0.25, 0.3) is 11.1 Å². The highest BCUT2D eigenvalue weighted by atomic mass is 79.9. The molecule has 0 saturated heterocycles. The summed E-state index contributed by atoms with van der Waals surface area (Å²) in [6.45, 7) is 3.22. The van der Waals surface area contributed by atoms with Crippen LogP contribution in [0.15, 0.2) is 22.7 Å². The third-order valence-corrected chi connectivity index (χ3v) is 7.08. The number of anilines is 1. The Morgan fingerprint density at radius 2 is 1.93 bits per heavy atom. The molecule has 2 aromatic carbocycles. The summed E-state index contributed by atoms with van der Waals surface area (Å²) in [6, 6.07) is 4.53. The van der Waals surface area contributed by atoms with Gasteiger partial charge in [-0.15, -0.1) is 0 Å². The number of hydrogen-bond acceptors (Lipinski definition) is 5. The standard InChI is InChI=1S/C19H19BrFNO5S/c1-9-13-15-11(6-5-7-12(15)21)8-22(28(4,25)26)17(13)10(2)14(16(9)20)18(23)19(24)27-3/h5-7,18,23H,8H2,1-4H3/t18-/m0/s1. The quantitative estimate of drug-likeness (QED) is 0.693. The maximum absolute atomic E-state index is 14.8. The molecule has 3 rings (SSSR count). The Bertz CT molecular complexity index is 1100. The number of nitrogens with zero attached hydrogens (tertiary/aromatic N) is 1. The van der Waals surface area contributed by atoms with Crippen LogP contribution in [0.4, 0.5) is 10.1 Å². The number of methoxy groups -OCH3 is 1. The van der Waals surface area contributed by atoms with Crippen molar-refractivity contribution in [3.05, 3.63) is 50.7 Å². The molecule has 6 nitrogen and oxygen atoms in total. The number of carbonyl (C=O) groups excluding carboxylic acids is 1. The fraction of sp³-hybridized carbons (Fsp3) is 0.316. The second kappa shape index (κ2) is 7.13. The monoisotopic (exact) mass is 471 g/mol. The maximum atomic E-state index is 14.8. The summed E-state index contributed by atoms with van der Waals surface area (Å²) in [5, 5.41) is 10.5. The third kappa shape index (κ3) is 3.11. The zero-order valence-corrected chi connectivity index (χ0v) is 18.1. The predicted octanol–water partition coefficient (Wildman–Crippen LogP) is 3.36. The molecule has 9 heteroatoms. The Kier molecular flexibility index (Phi) is 5.28. The van der Waals surface area contributed by atoms with E-state index in [1.54, 1.807) is 19.9 Å². The van der Waals surface area contributed by atoms with Crippen LogP contribution in [-0.2, 0) is 26.1 Å². The average Bonchev–Trinajstić information content (AvgIpc) is 2.63. The molecule has 0 aromatic heterocycles. The SMILES string of the molecule is COC(=O)[C@@H](O)c1c(C)c2c(c(C)c1Br)-c1c(F)cccc1CN2S(C)(=O)=O. The summed E-state index contributed by atoms with van der Waals surface area (Å²) in [5.74, 6) is -1.35. The van der Waals surface area contributed by atoms with E-state index in [1.165, 1.54) is 16.4 Å². The second-order valence-corrected chi connectivity index (χ2v) is 9.37. The first-order chi connectivity index (χ1) is 13.0. The minimum Gasteiger partial charge on any atom is -0.467 e. The molecule has 0 aliphatic carbocycles. The molecular formula is C19H19BrFNO5S. The number of fused-ring (bicyclic) bond motifs is 3. The van der Waals surface area contributed by atoms with Crippen LogP contribution in [0.3, 0.4) is 0 Å². The number of benzene rings is 2. The molecule has 1 heterocycles. The van der Waals surface area contributed by atoms with E-state index < -0.39 is 27.9 Å². The van der Waals surface area contributed by atoms with Gasteiger partial charge in [0.2, 0.25) is 10.0 Å². The van der Waals surface area contributed by atoms with E-state index in [9.17, 15) is 22.7 Å². The third-order valence-electron chi connectivity index (χ3n) is 4.95. The Morgan fingerprint density at radius 1 is 1.29 bits per heavy atom. The lowest BCUT2D eigenvalue weighted by molar-refractivity contribution is -0.150. The average molecular weight is 472 g/mol. The van der Waals surface area contributed by atoms with Gasteiger partial charge in [0.1, 0.15) is 5.82 Å². The van der Waals surface area contributed by atoms with Crippen molar-refractivity contribution in [3.8, 4) is 11.1 Å². The number of hydrogen-bond donors (Lipinski definition) is 1. The van der Waals surface area contributed by atoms with Gasteiger partial charge >= 0.3 is 5.97 Å². The number of halogens is 2. The van der Waals surface area contributed by atoms with Crippen LogP contribution >= 0.6 is 15.9 Å². The lowest BCUT2D eigenvalue weighted by Gasteiger charge is -2.35. The smallest absolute Gasteiger partial charge is 0.339 e. The Morgan fingerprint density at radius 3 is 2.50 bits per heavy atom. The van der Waals surface area contributed by atoms with Crippen molar-refractivity contribution in [2.24, 2.45) is 0 Å². The minimum atomic E-state index is -3.72. The van der Waals surface area contributed by atoms with Gasteiger partial charge in [0.05, 0.1) is 25.6 Å². The highest BCUT2D eigenvalue weighted by molar-refractivity contribution is 9.10. The topological polar surface area (TPSA) is 83.9 Å². The molecule has 28 heavy (non-hydrogen) atoms. The number of aliphatic hydroxyl groups excluding tert-OH is 1. The fourth-order valence-corrected chi connectivity index (χ4v) is 5.28. The van der Waals surface area contributed by atoms with E-state index in [2.05, 4.69) is 20.7 Å². The van der Waals surface area contributed by atoms with Crippen molar-refractivity contribution < 1.29 is 27.4 Å². The van der Waals surface area contributed by atoms with Crippen LogP contribution in [0.2, 0.25) is 0 Å². The first-order valence-electron chi connectivity index (χ1n) is 8.34. The molecular weight excluding hydrogens is 453 g/mol. The van der Waals surface area contributed by atoms with E-state index in [-0.39, 0.29) is 17.8 Å². The first kappa shape index (κ1) is 20.8. The van der Waals surface area contributed by atoms with Gasteiger partial charge in [0.15, 0.2) is 6.10 Å². The molecule has 1 aliphatic heterocycles. The number of rotatable bonds is 3. The van der Waals surface area contributed by atoms with Crippen LogP contribution in [0, 0.1) is 19.7 Å². The Hall–Kier alpha value is -1.97. The summed E-state index contributed by atoms with van der Waals surface area (Å²) in [6.07, 6.45) is -0.555. The molecule has 0 radical (unpaired) electrons. The van der Waals surface area contributed by atoms with Crippen molar-refractivity contribution in [2.75, 3.05) is 17.7 Å². The summed E-state index contributed by atoms with van der Waals surface area (Å²) in [7, 11) is -2.57. The molecule has 1 atom stereocenters. The van der Waals surface area contributed by atoms with E-state index in [1.807, 2.05) is 0 Å². The normalized spacial score (nSPS) is 14.3. The summed E-state index contributed by atoms with van der Waals surface area (Å²) >= 11 is 3.40. The second-order valence-electron chi connectivity index (χ2n) is 6.67. The summed E-state index contributed by atoms with van der Waals surface area (Å²) < 4.78 is 46.0. The van der Waals surface area contributed by atoms with Crippen molar-refractivity contribution in [3.63, 3.8) is 0 Å². The van der Waals surface area contributed by atoms with E-state index in [4.69, 9.17) is 0 Å². The number of carbonyl (C=O) groups is 1. The van der Waals surface area contributed by atoms with Crippen LogP contribution < -0.4 is 4.31 Å². The predicted molar refractivity (Wildman–Crippen MR) is 107 cm³/mol. The zero-order chi connectivity index (χ0) is 21.0. The molecule has 1 aliphatic rings. The number of esters is 1. The Labute approximate surface area is 171 Å². The van der Waals surface area contributed by atoms with Gasteiger partial charge < -0.3 is 9.84 Å². The van der Waals surface area contributed by atoms with Gasteiger partial charge in [-0.1, -0.05) is 28.1 Å². The number of aliphatic hydroxyl groups is 1. The molecule has 0 unspecified atom stereocenters. The van der Waals surface area contributed by atoms with Crippen molar-refractivity contribution in [2.45, 2.75) is 26.5 Å². The zero-order valence-electron chi connectivity index (χ0n) is 15.7. The van der Waals surface area contributed by atoms with Crippen molar-refractivity contribution >= 4 is 37.6 Å². The van der Waals surface area contributed by atoms with Gasteiger partial charge in [-0.25, -0.2) is 17.6 Å². The molecule has 1 N–H and O–H groups in total. The van der Waals surface area contributed by atoms with Gasteiger partial charge in [-0.3, -0.25) is 4.31 Å². The molecule has 0 fully saturated rings. The fourth-order valence-electron chi connectivity index (χ4n) is 3.64. The lowest BCUT2D eigenvalue weighted by atomic mass is 9.86. The highest BCUT2D eigenvalue weighted by Crippen LogP contribution is 2.50. The van der Waals surface area contributed by atoms with Crippen LogP contribution in [0.1, 0.15) is 28.4 Å². The lowest BCUT2D eigenvalue weighted by Crippen LogP contribution is -2.34. The molecule has 2 aromatic rings. The van der Waals surface area contributed by atoms with E-state index in [0.717, 1.165) is 13.4 Å². The van der Waals surface area contributed by atoms with Crippen molar-refractivity contribution in [1.29, 1.82) is 0 Å². The summed E-state index contributed by atoms with van der Waals surface area (Å²) in [4.78, 5) is 11.9. The molecule has 0 amide bonds. The summed E-state index contributed by atoms with van der Waals surface area (Å²) in [5.41, 5.74) is 2.57. The van der Waals surface area contributed by atoms with Crippen LogP contribution in [0.5, 0.6) is 0 Å². The molecule has 0 saturated carbocycles. The largest absolute Gasteiger partial charge is 0.467 e. The first-order valence-corrected chi connectivity index (χ1v) is 11.0. The van der Waals surface area contributed by atoms with Gasteiger partial charge in [0, 0.05) is 21.2 Å². The molecule has 0 spiro atoms. The van der Waals surface area contributed by atoms with E-state index >= 15 is 0 Å². The van der Waals surface area contributed by atoms with Crippen molar-refractivity contribution in [1.82, 2.24) is 0 Å². The number of ether oxygens (including phenoxy) is 1. The molecule has 150 valence electrons. The van der Waals surface area contributed by atoms with Crippen LogP contribution in [-0.4, -0.2) is 32.9 Å². The maximum Gasteiger partial charge on any atom is 0.339 e. The van der Waals surface area contributed by atoms with Gasteiger partial charge in [0.25, 0.3) is 0 Å². The van der Waals surface area contributed by atoms with E-state index in [0.29, 0.717) is 32.3 Å². The molecule has 0 bridgehead atoms. The Balaban J connectivity index is 2.48. The van der Waals surface area contributed by atoms with Gasteiger partial charge in [-0.05, 0) is 36.6 Å². The minimum absolute atomic E-state index is 0.0470. The van der Waals surface area contributed by atoms with Gasteiger partial charge in [-0.2, -0.15) is 0 Å².